The van der Waals surface area contributed by atoms with Gasteiger partial charge >= 0.3 is 0 Å². The lowest BCUT2D eigenvalue weighted by atomic mass is 10.1. The smallest absolute Gasteiger partial charge is 0.149 e. The summed E-state index contributed by atoms with van der Waals surface area (Å²) in [5.74, 6) is 0. The third-order valence-electron chi connectivity index (χ3n) is 6.84. The van der Waals surface area contributed by atoms with Crippen LogP contribution in [0.25, 0.3) is 33.1 Å². The van der Waals surface area contributed by atoms with Crippen molar-refractivity contribution in [3.05, 3.63) is 91.0 Å². The van der Waals surface area contributed by atoms with E-state index >= 15 is 0 Å². The second-order valence-corrected chi connectivity index (χ2v) is 12.4. The third kappa shape index (κ3) is 2.34. The Labute approximate surface area is 178 Å². The number of hydrogen-bond donors (Lipinski definition) is 0. The Bertz CT molecular complexity index is 1350. The number of rotatable bonds is 4. The van der Waals surface area contributed by atoms with Crippen LogP contribution >= 0.6 is 0 Å². The van der Waals surface area contributed by atoms with Crippen LogP contribution in [-0.4, -0.2) is 8.07 Å². The summed E-state index contributed by atoms with van der Waals surface area (Å²) in [6.07, 6.45) is 2.47. The number of furan rings is 1. The lowest BCUT2D eigenvalue weighted by molar-refractivity contribution is 0.669. The highest BCUT2D eigenvalue weighted by atomic mass is 28.3. The maximum absolute atomic E-state index is 6.14. The molecule has 0 radical (unpaired) electrons. The molecule has 0 fully saturated rings. The summed E-state index contributed by atoms with van der Waals surface area (Å²) >= 11 is 0. The van der Waals surface area contributed by atoms with Gasteiger partial charge in [-0.2, -0.15) is 0 Å². The fourth-order valence-electron chi connectivity index (χ4n) is 5.48. The van der Waals surface area contributed by atoms with Crippen LogP contribution in [-0.2, 0) is 0 Å². The minimum atomic E-state index is -2.09. The average Bonchev–Trinajstić information content (AvgIpc) is 3.31. The number of fused-ring (bicyclic) bond motifs is 6. The quantitative estimate of drug-likeness (QED) is 0.343. The zero-order valence-electron chi connectivity index (χ0n) is 17.2. The highest BCUT2D eigenvalue weighted by Gasteiger charge is 2.46. The van der Waals surface area contributed by atoms with Gasteiger partial charge in [-0.3, -0.25) is 0 Å². The molecule has 4 aromatic carbocycles. The zero-order valence-corrected chi connectivity index (χ0v) is 18.2. The highest BCUT2D eigenvalue weighted by molar-refractivity contribution is 7.14. The van der Waals surface area contributed by atoms with Gasteiger partial charge in [0.25, 0.3) is 0 Å². The van der Waals surface area contributed by atoms with E-state index in [0.717, 1.165) is 11.2 Å². The Morgan fingerprint density at radius 3 is 2.03 bits per heavy atom. The molecule has 0 unspecified atom stereocenters. The van der Waals surface area contributed by atoms with Gasteiger partial charge in [0.2, 0.25) is 0 Å². The number of para-hydroxylation sites is 1. The van der Waals surface area contributed by atoms with Gasteiger partial charge in [0, 0.05) is 10.8 Å². The number of unbranched alkanes of at least 4 members (excludes halogenated alkanes) is 1. The van der Waals surface area contributed by atoms with Gasteiger partial charge in [0.05, 0.1) is 0 Å². The second kappa shape index (κ2) is 6.71. The van der Waals surface area contributed by atoms with Gasteiger partial charge in [-0.15, -0.1) is 0 Å². The van der Waals surface area contributed by atoms with Crippen LogP contribution < -0.4 is 15.6 Å². The summed E-state index contributed by atoms with van der Waals surface area (Å²) in [6.45, 7) is 2.31. The highest BCUT2D eigenvalue weighted by Crippen LogP contribution is 2.33. The first-order chi connectivity index (χ1) is 14.8. The average molecular weight is 405 g/mol. The molecule has 2 heteroatoms. The standard InChI is InChI=1S/C28H24OSi/c1-2-3-18-30(27-14-8-5-11-22(27)23-12-6-9-15-28(23)30)20-16-17-26-24(19-20)21-10-4-7-13-25(21)29-26/h4-17,19H,2-3,18H2,1H3. The van der Waals surface area contributed by atoms with Crippen molar-refractivity contribution >= 4 is 45.6 Å². The Balaban J connectivity index is 1.69. The molecule has 1 aliphatic rings. The van der Waals surface area contributed by atoms with Gasteiger partial charge in [-0.05, 0) is 44.9 Å². The SMILES string of the molecule is CCCC[Si]1(c2ccc3oc4ccccc4c3c2)c2ccccc2-c2ccccc21. The van der Waals surface area contributed by atoms with Crippen molar-refractivity contribution < 1.29 is 4.42 Å². The predicted molar refractivity (Wildman–Crippen MR) is 130 cm³/mol. The van der Waals surface area contributed by atoms with Gasteiger partial charge in [0.15, 0.2) is 0 Å². The molecule has 1 aliphatic heterocycles. The molecule has 2 heterocycles. The lowest BCUT2D eigenvalue weighted by Crippen LogP contribution is -2.64. The summed E-state index contributed by atoms with van der Waals surface area (Å²) in [6, 6.07) is 34.9. The maximum atomic E-state index is 6.14. The van der Waals surface area contributed by atoms with Crippen molar-refractivity contribution in [2.75, 3.05) is 0 Å². The van der Waals surface area contributed by atoms with Crippen molar-refractivity contribution in [2.24, 2.45) is 0 Å². The molecule has 30 heavy (non-hydrogen) atoms. The van der Waals surface area contributed by atoms with Gasteiger partial charge in [0.1, 0.15) is 19.2 Å². The van der Waals surface area contributed by atoms with Crippen LogP contribution in [0.15, 0.2) is 95.4 Å². The van der Waals surface area contributed by atoms with Crippen LogP contribution in [0.2, 0.25) is 6.04 Å². The van der Waals surface area contributed by atoms with Gasteiger partial charge in [-0.1, -0.05) is 98.6 Å². The van der Waals surface area contributed by atoms with Crippen molar-refractivity contribution in [1.82, 2.24) is 0 Å². The van der Waals surface area contributed by atoms with Crippen LogP contribution in [0, 0.1) is 0 Å². The van der Waals surface area contributed by atoms with E-state index in [1.165, 1.54) is 46.0 Å². The minimum Gasteiger partial charge on any atom is -0.456 e. The van der Waals surface area contributed by atoms with Crippen LogP contribution in [0.3, 0.4) is 0 Å². The minimum absolute atomic E-state index is 0.973. The first-order valence-corrected chi connectivity index (χ1v) is 13.1. The van der Waals surface area contributed by atoms with E-state index in [0.29, 0.717) is 0 Å². The molecule has 0 amide bonds. The van der Waals surface area contributed by atoms with Crippen molar-refractivity contribution in [3.63, 3.8) is 0 Å². The van der Waals surface area contributed by atoms with Gasteiger partial charge in [-0.25, -0.2) is 0 Å². The molecule has 0 N–H and O–H groups in total. The molecule has 1 aromatic heterocycles. The van der Waals surface area contributed by atoms with E-state index in [1.807, 2.05) is 6.07 Å². The lowest BCUT2D eigenvalue weighted by Gasteiger charge is -2.30. The van der Waals surface area contributed by atoms with Gasteiger partial charge < -0.3 is 4.42 Å². The Kier molecular flexibility index (Phi) is 3.97. The summed E-state index contributed by atoms with van der Waals surface area (Å²) < 4.78 is 6.14. The topological polar surface area (TPSA) is 13.1 Å². The second-order valence-electron chi connectivity index (χ2n) is 8.41. The van der Waals surface area contributed by atoms with E-state index < -0.39 is 8.07 Å². The molecular weight excluding hydrogens is 380 g/mol. The molecule has 6 rings (SSSR count). The van der Waals surface area contributed by atoms with Crippen molar-refractivity contribution in [3.8, 4) is 11.1 Å². The van der Waals surface area contributed by atoms with E-state index in [2.05, 4.69) is 91.9 Å². The molecule has 0 atom stereocenters. The van der Waals surface area contributed by atoms with E-state index in [1.54, 1.807) is 10.4 Å². The molecular formula is C28H24OSi. The molecule has 0 bridgehead atoms. The van der Waals surface area contributed by atoms with E-state index in [4.69, 9.17) is 4.42 Å². The molecule has 1 nitrogen and oxygen atoms in total. The Morgan fingerprint density at radius 1 is 0.667 bits per heavy atom. The van der Waals surface area contributed by atoms with E-state index in [-0.39, 0.29) is 0 Å². The number of benzene rings is 4. The summed E-state index contributed by atoms with van der Waals surface area (Å²) in [5.41, 5.74) is 4.83. The van der Waals surface area contributed by atoms with Crippen molar-refractivity contribution in [2.45, 2.75) is 25.8 Å². The number of hydrogen-bond acceptors (Lipinski definition) is 1. The summed E-state index contributed by atoms with van der Waals surface area (Å²) in [5, 5.41) is 7.12. The largest absolute Gasteiger partial charge is 0.456 e. The molecule has 0 saturated carbocycles. The Morgan fingerprint density at radius 2 is 1.30 bits per heavy atom. The zero-order chi connectivity index (χ0) is 20.1. The molecule has 146 valence electrons. The molecule has 5 aromatic rings. The summed E-state index contributed by atoms with van der Waals surface area (Å²) in [7, 11) is -2.09. The fourth-order valence-corrected chi connectivity index (χ4v) is 11.0. The van der Waals surface area contributed by atoms with Crippen LogP contribution in [0.4, 0.5) is 0 Å². The van der Waals surface area contributed by atoms with Crippen LogP contribution in [0.1, 0.15) is 19.8 Å². The van der Waals surface area contributed by atoms with E-state index in [9.17, 15) is 0 Å². The van der Waals surface area contributed by atoms with Crippen LogP contribution in [0.5, 0.6) is 0 Å². The summed E-state index contributed by atoms with van der Waals surface area (Å²) in [4.78, 5) is 0. The molecule has 0 saturated heterocycles. The maximum Gasteiger partial charge on any atom is 0.149 e. The Hall–Kier alpha value is -3.10. The first-order valence-electron chi connectivity index (χ1n) is 10.9. The monoisotopic (exact) mass is 404 g/mol. The first kappa shape index (κ1) is 17.7. The molecule has 0 spiro atoms. The molecule has 0 aliphatic carbocycles. The predicted octanol–water partition coefficient (Wildman–Crippen LogP) is 5.84. The normalized spacial score (nSPS) is 14.2. The fraction of sp³-hybridized carbons (Fsp3) is 0.143. The van der Waals surface area contributed by atoms with Crippen molar-refractivity contribution in [1.29, 1.82) is 0 Å². The third-order valence-corrected chi connectivity index (χ3v) is 12.0.